The summed E-state index contributed by atoms with van der Waals surface area (Å²) in [4.78, 5) is 14.2. The fourth-order valence-electron chi connectivity index (χ4n) is 9.40. The first-order chi connectivity index (χ1) is 24.9. The van der Waals surface area contributed by atoms with E-state index in [4.69, 9.17) is 14.2 Å². The molecule has 4 saturated carbocycles. The van der Waals surface area contributed by atoms with Gasteiger partial charge in [-0.15, -0.1) is 11.8 Å². The minimum Gasteiger partial charge on any atom is -0.496 e. The number of amides is 2. The molecule has 1 aliphatic heterocycles. The van der Waals surface area contributed by atoms with Crippen molar-refractivity contribution in [3.63, 3.8) is 0 Å². The van der Waals surface area contributed by atoms with Crippen molar-refractivity contribution in [1.82, 2.24) is 10.6 Å². The number of rotatable bonds is 11. The average molecular weight is 705 g/mol. The molecule has 4 aromatic carbocycles. The van der Waals surface area contributed by atoms with Crippen LogP contribution in [0.15, 0.2) is 102 Å². The van der Waals surface area contributed by atoms with E-state index in [1.807, 2.05) is 42.5 Å². The van der Waals surface area contributed by atoms with Gasteiger partial charge in [0.15, 0.2) is 6.29 Å². The number of carbonyl (C=O) groups excluding carboxylic acids is 1. The number of ether oxygens (including phenoxy) is 3. The lowest BCUT2D eigenvalue weighted by molar-refractivity contribution is -0.245. The fraction of sp³-hybridized carbons (Fsp3) is 0.419. The van der Waals surface area contributed by atoms with Crippen LogP contribution in [-0.2, 0) is 22.6 Å². The van der Waals surface area contributed by atoms with Crippen molar-refractivity contribution in [2.45, 2.75) is 87.0 Å². The van der Waals surface area contributed by atoms with Crippen LogP contribution >= 0.6 is 11.8 Å². The Morgan fingerprint density at radius 3 is 2.24 bits per heavy atom. The number of benzene rings is 4. The van der Waals surface area contributed by atoms with E-state index in [2.05, 4.69) is 65.2 Å². The molecule has 1 saturated heterocycles. The molecule has 3 atom stereocenters. The van der Waals surface area contributed by atoms with E-state index in [9.17, 15) is 9.90 Å². The highest BCUT2D eigenvalue weighted by Crippen LogP contribution is 2.55. The number of hydrogen-bond donors (Lipinski definition) is 3. The van der Waals surface area contributed by atoms with Gasteiger partial charge in [0.05, 0.1) is 25.9 Å². The number of para-hydroxylation sites is 1. The third-order valence-electron chi connectivity index (χ3n) is 11.4. The Labute approximate surface area is 305 Å². The van der Waals surface area contributed by atoms with Gasteiger partial charge in [0.1, 0.15) is 5.75 Å². The first kappa shape index (κ1) is 34.3. The molecule has 9 rings (SSSR count). The molecule has 0 aromatic heterocycles. The van der Waals surface area contributed by atoms with Crippen molar-refractivity contribution >= 4 is 17.8 Å². The highest BCUT2D eigenvalue weighted by atomic mass is 32.2. The predicted molar refractivity (Wildman–Crippen MR) is 200 cm³/mol. The largest absolute Gasteiger partial charge is 0.496 e. The molecule has 4 bridgehead atoms. The molecule has 0 radical (unpaired) electrons. The second-order valence-electron chi connectivity index (χ2n) is 15.1. The maximum atomic E-state index is 13.2. The highest BCUT2D eigenvalue weighted by Gasteiger charge is 2.51. The van der Waals surface area contributed by atoms with E-state index in [-0.39, 0.29) is 30.4 Å². The van der Waals surface area contributed by atoms with Crippen molar-refractivity contribution in [3.8, 4) is 16.9 Å². The lowest BCUT2D eigenvalue weighted by Crippen LogP contribution is -2.61. The second kappa shape index (κ2) is 15.0. The summed E-state index contributed by atoms with van der Waals surface area (Å²) in [5.41, 5.74) is 6.09. The number of methoxy groups -OCH3 is 1. The molecule has 5 fully saturated rings. The number of nitrogens with one attached hydrogen (secondary N) is 2. The zero-order valence-electron chi connectivity index (χ0n) is 29.3. The quantitative estimate of drug-likeness (QED) is 0.135. The number of thioether (sulfide) groups is 1. The topological polar surface area (TPSA) is 89.0 Å². The van der Waals surface area contributed by atoms with Crippen LogP contribution in [0.2, 0.25) is 0 Å². The van der Waals surface area contributed by atoms with Crippen LogP contribution in [0.4, 0.5) is 4.79 Å². The Hall–Kier alpha value is -3.82. The summed E-state index contributed by atoms with van der Waals surface area (Å²) in [7, 11) is 1.70. The van der Waals surface area contributed by atoms with Gasteiger partial charge >= 0.3 is 6.03 Å². The van der Waals surface area contributed by atoms with Gasteiger partial charge in [-0.2, -0.15) is 0 Å². The maximum absolute atomic E-state index is 13.2. The summed E-state index contributed by atoms with van der Waals surface area (Å²) in [5, 5.41) is 16.2. The Kier molecular flexibility index (Phi) is 10.1. The van der Waals surface area contributed by atoms with E-state index in [0.29, 0.717) is 13.0 Å². The fourth-order valence-corrected chi connectivity index (χ4v) is 10.4. The van der Waals surface area contributed by atoms with Crippen LogP contribution in [0, 0.1) is 17.8 Å². The van der Waals surface area contributed by atoms with E-state index in [1.54, 1.807) is 18.9 Å². The summed E-state index contributed by atoms with van der Waals surface area (Å²) >= 11 is 1.73. The zero-order valence-corrected chi connectivity index (χ0v) is 30.1. The van der Waals surface area contributed by atoms with E-state index < -0.39 is 6.29 Å². The normalized spacial score (nSPS) is 28.0. The second-order valence-corrected chi connectivity index (χ2v) is 16.2. The molecule has 4 aromatic rings. The molecule has 4 aliphatic carbocycles. The van der Waals surface area contributed by atoms with Gasteiger partial charge in [0, 0.05) is 34.7 Å². The predicted octanol–water partition coefficient (Wildman–Crippen LogP) is 8.96. The third kappa shape index (κ3) is 7.85. The molecule has 7 nitrogen and oxygen atoms in total. The lowest BCUT2D eigenvalue weighted by Gasteiger charge is -2.56. The summed E-state index contributed by atoms with van der Waals surface area (Å²) in [6, 6.07) is 32.8. The molecular weight excluding hydrogens is 657 g/mol. The van der Waals surface area contributed by atoms with Crippen molar-refractivity contribution in [2.75, 3.05) is 12.9 Å². The monoisotopic (exact) mass is 704 g/mol. The molecule has 8 heteroatoms. The van der Waals surface area contributed by atoms with Crippen molar-refractivity contribution in [3.05, 3.63) is 119 Å². The van der Waals surface area contributed by atoms with Gasteiger partial charge < -0.3 is 30.0 Å². The third-order valence-corrected chi connectivity index (χ3v) is 12.6. The number of aliphatic hydroxyl groups is 1. The summed E-state index contributed by atoms with van der Waals surface area (Å²) < 4.78 is 18.9. The van der Waals surface area contributed by atoms with E-state index in [1.165, 1.54) is 19.3 Å². The smallest absolute Gasteiger partial charge is 0.315 e. The van der Waals surface area contributed by atoms with Crippen LogP contribution in [0.3, 0.4) is 0 Å². The van der Waals surface area contributed by atoms with Gasteiger partial charge in [-0.25, -0.2) is 4.79 Å². The number of aliphatic hydroxyl groups excluding tert-OH is 1. The van der Waals surface area contributed by atoms with Gasteiger partial charge in [0.2, 0.25) is 0 Å². The molecule has 0 spiro atoms. The molecule has 0 unspecified atom stereocenters. The Morgan fingerprint density at radius 1 is 0.804 bits per heavy atom. The van der Waals surface area contributed by atoms with Crippen LogP contribution < -0.4 is 15.4 Å². The number of urea groups is 1. The zero-order chi connectivity index (χ0) is 34.8. The summed E-state index contributed by atoms with van der Waals surface area (Å²) in [5.74, 6) is 3.98. The highest BCUT2D eigenvalue weighted by molar-refractivity contribution is 7.99. The van der Waals surface area contributed by atoms with Crippen molar-refractivity contribution in [1.29, 1.82) is 0 Å². The van der Waals surface area contributed by atoms with Crippen LogP contribution in [0.5, 0.6) is 5.75 Å². The van der Waals surface area contributed by atoms with Gasteiger partial charge in [-0.1, -0.05) is 72.8 Å². The summed E-state index contributed by atoms with van der Waals surface area (Å²) in [6.07, 6.45) is 7.44. The average Bonchev–Trinajstić information content (AvgIpc) is 3.16. The molecule has 1 heterocycles. The van der Waals surface area contributed by atoms with Crippen LogP contribution in [-0.4, -0.2) is 35.6 Å². The van der Waals surface area contributed by atoms with Gasteiger partial charge in [0.25, 0.3) is 0 Å². The molecule has 3 N–H and O–H groups in total. The van der Waals surface area contributed by atoms with E-state index in [0.717, 1.165) is 86.8 Å². The molecule has 266 valence electrons. The maximum Gasteiger partial charge on any atom is 0.315 e. The first-order valence-corrected chi connectivity index (χ1v) is 19.4. The van der Waals surface area contributed by atoms with Crippen LogP contribution in [0.25, 0.3) is 11.1 Å². The molecular formula is C43H48N2O5S. The van der Waals surface area contributed by atoms with Crippen molar-refractivity contribution in [2.24, 2.45) is 17.8 Å². The summed E-state index contributed by atoms with van der Waals surface area (Å²) in [6.45, 7) is 0.484. The molecule has 51 heavy (non-hydrogen) atoms. The Morgan fingerprint density at radius 2 is 1.51 bits per heavy atom. The number of carbonyl (C=O) groups is 1. The van der Waals surface area contributed by atoms with Gasteiger partial charge in [-0.05, 0) is 108 Å². The first-order valence-electron chi connectivity index (χ1n) is 18.5. The van der Waals surface area contributed by atoms with Gasteiger partial charge in [-0.3, -0.25) is 0 Å². The van der Waals surface area contributed by atoms with Crippen molar-refractivity contribution < 1.29 is 24.1 Å². The number of hydrogen-bond acceptors (Lipinski definition) is 6. The molecule has 5 aliphatic rings. The Bertz CT molecular complexity index is 1790. The SMILES string of the molecule is COc1ccccc1SC[C@H]1C[C@@H](c2ccc(CO)cc2)O[C@@H](c2cccc(-c3cccc(CNC(=O)NC45CC6CC(CC(C6)C4)C5)c3)c2)O1. The standard InChI is InChI=1S/C43H48N2O5S/c1-48-38-10-2-3-11-40(38)51-27-37-21-39(33-14-12-28(26-46)13-15-33)50-41(49-37)36-9-5-8-35(20-36)34-7-4-6-29(19-34)25-44-42(47)45-43-22-30-16-31(23-43)18-32(17-30)24-43/h2-15,19-20,30-32,37,39,41,46H,16-18,21-27H2,1H3,(H2,44,45,47)/t30?,31?,32?,37-,39+,41+,43?/m1/s1. The lowest BCUT2D eigenvalue weighted by atomic mass is 9.53. The minimum absolute atomic E-state index is 0.00161. The minimum atomic E-state index is -0.553. The Balaban J connectivity index is 0.957. The van der Waals surface area contributed by atoms with E-state index >= 15 is 0 Å². The van der Waals surface area contributed by atoms with Crippen LogP contribution in [0.1, 0.15) is 79.6 Å². The molecule has 2 amide bonds.